The number of carboxylic acids is 1. The molecule has 0 aliphatic carbocycles. The van der Waals surface area contributed by atoms with Crippen LogP contribution in [-0.4, -0.2) is 15.4 Å². The highest BCUT2D eigenvalue weighted by molar-refractivity contribution is 7.08. The van der Waals surface area contributed by atoms with Gasteiger partial charge in [-0.15, -0.1) is 0 Å². The molecule has 22 heavy (non-hydrogen) atoms. The fourth-order valence-corrected chi connectivity index (χ4v) is 2.60. The van der Waals surface area contributed by atoms with E-state index in [9.17, 15) is 4.79 Å². The quantitative estimate of drug-likeness (QED) is 0.771. The minimum Gasteiger partial charge on any atom is -0.489 e. The van der Waals surface area contributed by atoms with Crippen molar-refractivity contribution in [1.29, 1.82) is 0 Å². The van der Waals surface area contributed by atoms with Crippen molar-refractivity contribution >= 4 is 17.5 Å². The third-order valence-corrected chi connectivity index (χ3v) is 3.88. The molecule has 0 aliphatic rings. The van der Waals surface area contributed by atoms with Gasteiger partial charge in [-0.05, 0) is 35.3 Å². The average molecular weight is 311 g/mol. The number of nitrogens with zero attached hydrogens (tertiary/aromatic N) is 1. The molecule has 110 valence electrons. The molecule has 5 heteroatoms. The van der Waals surface area contributed by atoms with Crippen molar-refractivity contribution in [2.45, 2.75) is 6.61 Å². The molecule has 2 aromatic carbocycles. The SMILES string of the molecule is O=C(O)c1cc(-c2cccc(OCc3ccccc3)c2)ns1. The number of rotatable bonds is 5. The standard InChI is InChI=1S/C17H13NO3S/c19-17(20)16-10-15(18-22-16)13-7-4-8-14(9-13)21-11-12-5-2-1-3-6-12/h1-10H,11H2,(H,19,20). The van der Waals surface area contributed by atoms with Crippen LogP contribution in [0.25, 0.3) is 11.3 Å². The zero-order chi connectivity index (χ0) is 15.4. The van der Waals surface area contributed by atoms with Crippen molar-refractivity contribution in [2.24, 2.45) is 0 Å². The first-order chi connectivity index (χ1) is 10.7. The lowest BCUT2D eigenvalue weighted by Crippen LogP contribution is -1.95. The highest BCUT2D eigenvalue weighted by Crippen LogP contribution is 2.26. The van der Waals surface area contributed by atoms with E-state index < -0.39 is 5.97 Å². The van der Waals surface area contributed by atoms with Crippen molar-refractivity contribution in [3.05, 3.63) is 71.1 Å². The number of hydrogen-bond acceptors (Lipinski definition) is 4. The first kappa shape index (κ1) is 14.3. The van der Waals surface area contributed by atoms with Crippen molar-refractivity contribution < 1.29 is 14.6 Å². The van der Waals surface area contributed by atoms with E-state index in [0.717, 1.165) is 28.4 Å². The molecule has 3 aromatic rings. The van der Waals surface area contributed by atoms with E-state index in [1.165, 1.54) is 0 Å². The summed E-state index contributed by atoms with van der Waals surface area (Å²) in [5.74, 6) is -0.230. The Morgan fingerprint density at radius 1 is 1.09 bits per heavy atom. The monoisotopic (exact) mass is 311 g/mol. The van der Waals surface area contributed by atoms with E-state index in [4.69, 9.17) is 9.84 Å². The molecule has 0 unspecified atom stereocenters. The Balaban J connectivity index is 1.75. The highest BCUT2D eigenvalue weighted by Gasteiger charge is 2.10. The summed E-state index contributed by atoms with van der Waals surface area (Å²) in [5, 5.41) is 8.96. The van der Waals surface area contributed by atoms with Gasteiger partial charge in [-0.3, -0.25) is 0 Å². The minimum absolute atomic E-state index is 0.227. The van der Waals surface area contributed by atoms with Crippen LogP contribution in [-0.2, 0) is 6.61 Å². The predicted molar refractivity (Wildman–Crippen MR) is 85.3 cm³/mol. The second kappa shape index (κ2) is 6.41. The molecule has 0 amide bonds. The lowest BCUT2D eigenvalue weighted by Gasteiger charge is -2.07. The molecule has 4 nitrogen and oxygen atoms in total. The van der Waals surface area contributed by atoms with Crippen LogP contribution in [0.1, 0.15) is 15.2 Å². The summed E-state index contributed by atoms with van der Waals surface area (Å²) in [7, 11) is 0. The van der Waals surface area contributed by atoms with Gasteiger partial charge in [0.1, 0.15) is 17.2 Å². The van der Waals surface area contributed by atoms with Crippen LogP contribution in [0, 0.1) is 0 Å². The number of aromatic carboxylic acids is 1. The molecular weight excluding hydrogens is 298 g/mol. The molecule has 0 radical (unpaired) electrons. The van der Waals surface area contributed by atoms with E-state index in [0.29, 0.717) is 12.3 Å². The number of carboxylic acid groups (broad SMARTS) is 1. The van der Waals surface area contributed by atoms with Crippen LogP contribution in [0.4, 0.5) is 0 Å². The second-order valence-corrected chi connectivity index (χ2v) is 5.49. The lowest BCUT2D eigenvalue weighted by molar-refractivity contribution is 0.0702. The highest BCUT2D eigenvalue weighted by atomic mass is 32.1. The summed E-state index contributed by atoms with van der Waals surface area (Å²) >= 11 is 0.978. The molecular formula is C17H13NO3S. The fraction of sp³-hybridized carbons (Fsp3) is 0.0588. The smallest absolute Gasteiger partial charge is 0.347 e. The van der Waals surface area contributed by atoms with Gasteiger partial charge in [-0.25, -0.2) is 4.79 Å². The number of carbonyl (C=O) groups is 1. The summed E-state index contributed by atoms with van der Waals surface area (Å²) in [4.78, 5) is 11.1. The summed E-state index contributed by atoms with van der Waals surface area (Å²) in [5.41, 5.74) is 2.58. The molecule has 3 rings (SSSR count). The Labute approximate surface area is 131 Å². The molecule has 0 bridgehead atoms. The van der Waals surface area contributed by atoms with Gasteiger partial charge in [0.25, 0.3) is 0 Å². The van der Waals surface area contributed by atoms with Crippen molar-refractivity contribution in [1.82, 2.24) is 4.37 Å². The average Bonchev–Trinajstić information content (AvgIpc) is 3.05. The van der Waals surface area contributed by atoms with Gasteiger partial charge < -0.3 is 9.84 Å². The number of benzene rings is 2. The molecule has 0 spiro atoms. The van der Waals surface area contributed by atoms with Crippen LogP contribution in [0.2, 0.25) is 0 Å². The molecule has 0 aliphatic heterocycles. The van der Waals surface area contributed by atoms with Gasteiger partial charge >= 0.3 is 5.97 Å². The fourth-order valence-electron chi connectivity index (χ4n) is 2.00. The number of ether oxygens (including phenoxy) is 1. The largest absolute Gasteiger partial charge is 0.489 e. The Morgan fingerprint density at radius 2 is 1.91 bits per heavy atom. The van der Waals surface area contributed by atoms with Crippen LogP contribution >= 0.6 is 11.5 Å². The first-order valence-corrected chi connectivity index (χ1v) is 7.47. The van der Waals surface area contributed by atoms with E-state index >= 15 is 0 Å². The maximum Gasteiger partial charge on any atom is 0.347 e. The Morgan fingerprint density at radius 3 is 2.64 bits per heavy atom. The zero-order valence-electron chi connectivity index (χ0n) is 11.6. The molecule has 1 N–H and O–H groups in total. The van der Waals surface area contributed by atoms with Crippen molar-refractivity contribution in [3.8, 4) is 17.0 Å². The van der Waals surface area contributed by atoms with E-state index in [-0.39, 0.29) is 4.88 Å². The maximum absolute atomic E-state index is 10.9. The minimum atomic E-state index is -0.958. The van der Waals surface area contributed by atoms with Crippen LogP contribution in [0.5, 0.6) is 5.75 Å². The topological polar surface area (TPSA) is 59.4 Å². The molecule has 0 saturated heterocycles. The maximum atomic E-state index is 10.9. The van der Waals surface area contributed by atoms with E-state index in [1.54, 1.807) is 6.07 Å². The van der Waals surface area contributed by atoms with Gasteiger partial charge in [-0.1, -0.05) is 42.5 Å². The van der Waals surface area contributed by atoms with Gasteiger partial charge in [0, 0.05) is 5.56 Å². The predicted octanol–water partition coefficient (Wildman–Crippen LogP) is 4.09. The molecule has 1 aromatic heterocycles. The van der Waals surface area contributed by atoms with Gasteiger partial charge in [0.2, 0.25) is 0 Å². The Bertz CT molecular complexity index is 783. The van der Waals surface area contributed by atoms with Crippen LogP contribution in [0.3, 0.4) is 0 Å². The molecule has 0 atom stereocenters. The van der Waals surface area contributed by atoms with Gasteiger partial charge in [-0.2, -0.15) is 4.37 Å². The second-order valence-electron chi connectivity index (χ2n) is 4.68. The summed E-state index contributed by atoms with van der Waals surface area (Å²) in [6.07, 6.45) is 0. The number of hydrogen-bond donors (Lipinski definition) is 1. The number of aromatic nitrogens is 1. The van der Waals surface area contributed by atoms with Crippen molar-refractivity contribution in [2.75, 3.05) is 0 Å². The van der Waals surface area contributed by atoms with E-state index in [1.807, 2.05) is 54.6 Å². The Kier molecular flexibility index (Phi) is 4.16. The van der Waals surface area contributed by atoms with Crippen LogP contribution in [0.15, 0.2) is 60.7 Å². The van der Waals surface area contributed by atoms with Crippen molar-refractivity contribution in [3.63, 3.8) is 0 Å². The molecule has 0 saturated carbocycles. The summed E-state index contributed by atoms with van der Waals surface area (Å²) in [6.45, 7) is 0.488. The normalized spacial score (nSPS) is 10.4. The third kappa shape index (κ3) is 3.32. The third-order valence-electron chi connectivity index (χ3n) is 3.10. The Hall–Kier alpha value is -2.66. The lowest BCUT2D eigenvalue weighted by atomic mass is 10.1. The molecule has 0 fully saturated rings. The summed E-state index contributed by atoms with van der Waals surface area (Å²) < 4.78 is 9.94. The van der Waals surface area contributed by atoms with Gasteiger partial charge in [0.15, 0.2) is 0 Å². The van der Waals surface area contributed by atoms with Gasteiger partial charge in [0.05, 0.1) is 5.69 Å². The zero-order valence-corrected chi connectivity index (χ0v) is 12.4. The summed E-state index contributed by atoms with van der Waals surface area (Å²) in [6, 6.07) is 19.0. The molecule has 1 heterocycles. The first-order valence-electron chi connectivity index (χ1n) is 6.69. The van der Waals surface area contributed by atoms with E-state index in [2.05, 4.69) is 4.37 Å². The van der Waals surface area contributed by atoms with Crippen LogP contribution < -0.4 is 4.74 Å².